The SMILES string of the molecule is COc1ccccc1-n1cc(CBr)c(=O)cc1C. The highest BCUT2D eigenvalue weighted by Gasteiger charge is 2.08. The van der Waals surface area contributed by atoms with E-state index in [4.69, 9.17) is 4.74 Å². The van der Waals surface area contributed by atoms with Gasteiger partial charge in [0.2, 0.25) is 0 Å². The van der Waals surface area contributed by atoms with Crippen LogP contribution in [0.3, 0.4) is 0 Å². The van der Waals surface area contributed by atoms with Crippen molar-refractivity contribution in [2.24, 2.45) is 0 Å². The molecule has 1 aromatic carbocycles. The fourth-order valence-electron chi connectivity index (χ4n) is 1.86. The van der Waals surface area contributed by atoms with E-state index < -0.39 is 0 Å². The molecule has 0 spiro atoms. The summed E-state index contributed by atoms with van der Waals surface area (Å²) < 4.78 is 7.32. The van der Waals surface area contributed by atoms with Gasteiger partial charge in [-0.15, -0.1) is 0 Å². The van der Waals surface area contributed by atoms with E-state index in [1.807, 2.05) is 42.0 Å². The van der Waals surface area contributed by atoms with Gasteiger partial charge in [0.1, 0.15) is 5.75 Å². The minimum absolute atomic E-state index is 0.0514. The molecule has 2 aromatic rings. The lowest BCUT2D eigenvalue weighted by atomic mass is 10.2. The number of methoxy groups -OCH3 is 1. The lowest BCUT2D eigenvalue weighted by molar-refractivity contribution is 0.412. The molecule has 1 heterocycles. The largest absolute Gasteiger partial charge is 0.495 e. The third kappa shape index (κ3) is 2.34. The second-order valence-electron chi connectivity index (χ2n) is 3.98. The average Bonchev–Trinajstić information content (AvgIpc) is 2.39. The third-order valence-electron chi connectivity index (χ3n) is 2.81. The van der Waals surface area contributed by atoms with E-state index in [2.05, 4.69) is 15.9 Å². The summed E-state index contributed by atoms with van der Waals surface area (Å²) in [6, 6.07) is 9.38. The van der Waals surface area contributed by atoms with Gasteiger partial charge in [0.05, 0.1) is 12.8 Å². The first-order valence-corrected chi connectivity index (χ1v) is 6.71. The van der Waals surface area contributed by atoms with Crippen LogP contribution in [0.15, 0.2) is 41.3 Å². The summed E-state index contributed by atoms with van der Waals surface area (Å²) in [6.07, 6.45) is 1.85. The highest BCUT2D eigenvalue weighted by atomic mass is 79.9. The quantitative estimate of drug-likeness (QED) is 0.816. The lowest BCUT2D eigenvalue weighted by Gasteiger charge is -2.15. The average molecular weight is 308 g/mol. The first-order valence-electron chi connectivity index (χ1n) is 5.59. The van der Waals surface area contributed by atoms with Crippen LogP contribution in [-0.4, -0.2) is 11.7 Å². The molecular weight excluding hydrogens is 294 g/mol. The van der Waals surface area contributed by atoms with Gasteiger partial charge in [-0.05, 0) is 19.1 Å². The van der Waals surface area contributed by atoms with Crippen LogP contribution in [0.1, 0.15) is 11.3 Å². The van der Waals surface area contributed by atoms with E-state index in [-0.39, 0.29) is 5.43 Å². The number of nitrogens with zero attached hydrogens (tertiary/aromatic N) is 1. The summed E-state index contributed by atoms with van der Waals surface area (Å²) in [5.74, 6) is 0.782. The number of halogens is 1. The fourth-order valence-corrected chi connectivity index (χ4v) is 2.28. The summed E-state index contributed by atoms with van der Waals surface area (Å²) in [4.78, 5) is 11.7. The number of benzene rings is 1. The number of hydrogen-bond acceptors (Lipinski definition) is 2. The Hall–Kier alpha value is -1.55. The summed E-state index contributed by atoms with van der Waals surface area (Å²) >= 11 is 3.33. The van der Waals surface area contributed by atoms with Gasteiger partial charge in [-0.3, -0.25) is 4.79 Å². The predicted molar refractivity (Wildman–Crippen MR) is 76.0 cm³/mol. The number of pyridine rings is 1. The van der Waals surface area contributed by atoms with Crippen molar-refractivity contribution in [1.29, 1.82) is 0 Å². The Labute approximate surface area is 114 Å². The van der Waals surface area contributed by atoms with Gasteiger partial charge in [-0.25, -0.2) is 0 Å². The molecule has 4 heteroatoms. The Balaban J connectivity index is 2.67. The minimum Gasteiger partial charge on any atom is -0.495 e. The number of hydrogen-bond donors (Lipinski definition) is 0. The van der Waals surface area contributed by atoms with E-state index in [1.165, 1.54) is 0 Å². The maximum absolute atomic E-state index is 11.7. The van der Waals surface area contributed by atoms with Crippen LogP contribution >= 0.6 is 15.9 Å². The zero-order valence-corrected chi connectivity index (χ0v) is 11.9. The maximum Gasteiger partial charge on any atom is 0.185 e. The monoisotopic (exact) mass is 307 g/mol. The number of rotatable bonds is 3. The van der Waals surface area contributed by atoms with Crippen molar-refractivity contribution in [2.75, 3.05) is 7.11 Å². The Morgan fingerprint density at radius 2 is 2.06 bits per heavy atom. The van der Waals surface area contributed by atoms with Crippen LogP contribution in [0.25, 0.3) is 5.69 Å². The van der Waals surface area contributed by atoms with Crippen LogP contribution in [0.5, 0.6) is 5.75 Å². The Morgan fingerprint density at radius 3 is 2.72 bits per heavy atom. The Kier molecular flexibility index (Phi) is 3.87. The summed E-state index contributed by atoms with van der Waals surface area (Å²) in [7, 11) is 1.64. The van der Waals surface area contributed by atoms with Crippen molar-refractivity contribution in [3.63, 3.8) is 0 Å². The van der Waals surface area contributed by atoms with Gasteiger partial charge >= 0.3 is 0 Å². The third-order valence-corrected chi connectivity index (χ3v) is 3.41. The fraction of sp³-hybridized carbons (Fsp3) is 0.214. The first-order chi connectivity index (χ1) is 8.67. The van der Waals surface area contributed by atoms with Gasteiger partial charge in [-0.2, -0.15) is 0 Å². The number of aryl methyl sites for hydroxylation is 1. The van der Waals surface area contributed by atoms with Crippen LogP contribution in [-0.2, 0) is 5.33 Å². The molecule has 0 N–H and O–H groups in total. The molecular formula is C14H14BrNO2. The number of alkyl halides is 1. The van der Waals surface area contributed by atoms with Crippen molar-refractivity contribution >= 4 is 15.9 Å². The number of ether oxygens (including phenoxy) is 1. The highest BCUT2D eigenvalue weighted by Crippen LogP contribution is 2.23. The van der Waals surface area contributed by atoms with E-state index >= 15 is 0 Å². The van der Waals surface area contributed by atoms with Crippen LogP contribution < -0.4 is 10.2 Å². The molecule has 0 aliphatic carbocycles. The zero-order valence-electron chi connectivity index (χ0n) is 10.3. The molecule has 0 bridgehead atoms. The van der Waals surface area contributed by atoms with E-state index in [9.17, 15) is 4.79 Å². The normalized spacial score (nSPS) is 10.4. The van der Waals surface area contributed by atoms with Crippen molar-refractivity contribution in [1.82, 2.24) is 4.57 Å². The predicted octanol–water partition coefficient (Wildman–Crippen LogP) is 3.05. The molecule has 0 aliphatic rings. The molecule has 0 atom stereocenters. The molecule has 0 saturated heterocycles. The van der Waals surface area contributed by atoms with Crippen LogP contribution in [0, 0.1) is 6.92 Å². The van der Waals surface area contributed by atoms with Gasteiger partial charge in [0, 0.05) is 28.9 Å². The second-order valence-corrected chi connectivity index (χ2v) is 4.54. The van der Waals surface area contributed by atoms with Gasteiger partial charge in [0.15, 0.2) is 5.43 Å². The van der Waals surface area contributed by atoms with E-state index in [1.54, 1.807) is 13.2 Å². The van der Waals surface area contributed by atoms with Gasteiger partial charge < -0.3 is 9.30 Å². The standard InChI is InChI=1S/C14H14BrNO2/c1-10-7-13(17)11(8-15)9-16(10)12-5-3-4-6-14(12)18-2/h3-7,9H,8H2,1-2H3. The molecule has 1 aromatic heterocycles. The molecule has 2 rings (SSSR count). The lowest BCUT2D eigenvalue weighted by Crippen LogP contribution is -2.13. The molecule has 18 heavy (non-hydrogen) atoms. The topological polar surface area (TPSA) is 31.2 Å². The van der Waals surface area contributed by atoms with Crippen molar-refractivity contribution in [3.05, 3.63) is 58.0 Å². The second kappa shape index (κ2) is 5.40. The van der Waals surface area contributed by atoms with Crippen molar-refractivity contribution in [3.8, 4) is 11.4 Å². The van der Waals surface area contributed by atoms with Crippen LogP contribution in [0.2, 0.25) is 0 Å². The number of aromatic nitrogens is 1. The molecule has 0 amide bonds. The first kappa shape index (κ1) is 12.9. The van der Waals surface area contributed by atoms with Crippen molar-refractivity contribution in [2.45, 2.75) is 12.3 Å². The molecule has 0 fully saturated rings. The summed E-state index contributed by atoms with van der Waals surface area (Å²) in [5, 5.41) is 0.543. The molecule has 94 valence electrons. The van der Waals surface area contributed by atoms with Crippen molar-refractivity contribution < 1.29 is 4.74 Å². The molecule has 0 aliphatic heterocycles. The van der Waals surface area contributed by atoms with Gasteiger partial charge in [0.25, 0.3) is 0 Å². The summed E-state index contributed by atoms with van der Waals surface area (Å²) in [6.45, 7) is 1.91. The smallest absolute Gasteiger partial charge is 0.185 e. The Bertz CT molecular complexity index is 619. The highest BCUT2D eigenvalue weighted by molar-refractivity contribution is 9.08. The zero-order chi connectivity index (χ0) is 13.1. The minimum atomic E-state index is 0.0514. The maximum atomic E-state index is 11.7. The molecule has 0 saturated carbocycles. The van der Waals surface area contributed by atoms with Crippen LogP contribution in [0.4, 0.5) is 0 Å². The van der Waals surface area contributed by atoms with E-state index in [0.717, 1.165) is 22.7 Å². The molecule has 3 nitrogen and oxygen atoms in total. The van der Waals surface area contributed by atoms with E-state index in [0.29, 0.717) is 5.33 Å². The molecule has 0 radical (unpaired) electrons. The Morgan fingerprint density at radius 1 is 1.33 bits per heavy atom. The summed E-state index contributed by atoms with van der Waals surface area (Å²) in [5.41, 5.74) is 2.59. The number of para-hydroxylation sites is 2. The van der Waals surface area contributed by atoms with Gasteiger partial charge in [-0.1, -0.05) is 28.1 Å². The molecule has 0 unspecified atom stereocenters.